The van der Waals surface area contributed by atoms with E-state index in [4.69, 9.17) is 4.74 Å². The van der Waals surface area contributed by atoms with Crippen LogP contribution in [0.5, 0.6) is 0 Å². The van der Waals surface area contributed by atoms with Crippen LogP contribution in [-0.4, -0.2) is 30.6 Å². The molecule has 3 nitrogen and oxygen atoms in total. The summed E-state index contributed by atoms with van der Waals surface area (Å²) in [6.07, 6.45) is 0.491. The van der Waals surface area contributed by atoms with Gasteiger partial charge in [0, 0.05) is 13.1 Å². The molecule has 1 aliphatic rings. The van der Waals surface area contributed by atoms with Crippen LogP contribution in [-0.2, 0) is 16.1 Å². The molecule has 1 amide bonds. The largest absolute Gasteiger partial charge is 0.379 e. The number of benzene rings is 2. The Balaban J connectivity index is 1.90. The Hall–Kier alpha value is -1.87. The van der Waals surface area contributed by atoms with Crippen molar-refractivity contribution in [3.8, 4) is 0 Å². The van der Waals surface area contributed by atoms with Gasteiger partial charge >= 0.3 is 0 Å². The lowest BCUT2D eigenvalue weighted by Gasteiger charge is -2.20. The van der Waals surface area contributed by atoms with E-state index in [2.05, 4.69) is 30.3 Å². The Morgan fingerprint density at radius 1 is 1.05 bits per heavy atom. The average Bonchev–Trinajstić information content (AvgIpc) is 2.65. The second-order valence-electron chi connectivity index (χ2n) is 4.82. The van der Waals surface area contributed by atoms with Gasteiger partial charge in [0.05, 0.1) is 19.6 Å². The Bertz CT molecular complexity index is 589. The summed E-state index contributed by atoms with van der Waals surface area (Å²) < 4.78 is 5.36. The maximum atomic E-state index is 12.0. The number of nitrogens with zero attached hydrogens (tertiary/aromatic N) is 1. The van der Waals surface area contributed by atoms with E-state index >= 15 is 0 Å². The zero-order chi connectivity index (χ0) is 13.1. The summed E-state index contributed by atoms with van der Waals surface area (Å²) in [5.74, 6) is 0.186. The van der Waals surface area contributed by atoms with E-state index < -0.39 is 0 Å². The molecular formula is C16H17NO2. The van der Waals surface area contributed by atoms with Gasteiger partial charge in [0.15, 0.2) is 0 Å². The first-order chi connectivity index (χ1) is 9.34. The maximum Gasteiger partial charge on any atom is 0.225 e. The molecule has 1 aliphatic heterocycles. The maximum absolute atomic E-state index is 12.0. The van der Waals surface area contributed by atoms with Crippen LogP contribution in [0.15, 0.2) is 42.5 Å². The lowest BCUT2D eigenvalue weighted by Crippen LogP contribution is -2.31. The molecule has 0 saturated carbocycles. The van der Waals surface area contributed by atoms with Crippen molar-refractivity contribution in [2.75, 3.05) is 19.8 Å². The normalized spacial score (nSPS) is 16.6. The molecule has 2 aromatic rings. The molecule has 0 radical (unpaired) electrons. The van der Waals surface area contributed by atoms with Crippen molar-refractivity contribution >= 4 is 16.7 Å². The highest BCUT2D eigenvalue weighted by atomic mass is 16.5. The highest BCUT2D eigenvalue weighted by Crippen LogP contribution is 2.20. The first-order valence-corrected chi connectivity index (χ1v) is 6.67. The molecule has 0 unspecified atom stereocenters. The summed E-state index contributed by atoms with van der Waals surface area (Å²) >= 11 is 0. The first-order valence-electron chi connectivity index (χ1n) is 6.67. The third-order valence-electron chi connectivity index (χ3n) is 3.56. The van der Waals surface area contributed by atoms with Gasteiger partial charge < -0.3 is 9.64 Å². The van der Waals surface area contributed by atoms with Crippen LogP contribution in [0.25, 0.3) is 10.8 Å². The minimum atomic E-state index is 0.186. The van der Waals surface area contributed by atoms with E-state index in [-0.39, 0.29) is 5.91 Å². The predicted molar refractivity (Wildman–Crippen MR) is 74.8 cm³/mol. The number of carbonyl (C=O) groups is 1. The molecule has 3 heteroatoms. The van der Waals surface area contributed by atoms with Gasteiger partial charge in [-0.1, -0.05) is 42.5 Å². The van der Waals surface area contributed by atoms with Crippen LogP contribution in [0.1, 0.15) is 12.0 Å². The average molecular weight is 255 g/mol. The fourth-order valence-corrected chi connectivity index (χ4v) is 2.52. The first kappa shape index (κ1) is 12.2. The minimum absolute atomic E-state index is 0.186. The monoisotopic (exact) mass is 255 g/mol. The molecule has 98 valence electrons. The van der Waals surface area contributed by atoms with Gasteiger partial charge in [-0.15, -0.1) is 0 Å². The molecule has 1 fully saturated rings. The van der Waals surface area contributed by atoms with Crippen LogP contribution >= 0.6 is 0 Å². The van der Waals surface area contributed by atoms with Crippen molar-refractivity contribution < 1.29 is 9.53 Å². The quantitative estimate of drug-likeness (QED) is 0.825. The smallest absolute Gasteiger partial charge is 0.225 e. The molecule has 1 saturated heterocycles. The van der Waals surface area contributed by atoms with Gasteiger partial charge in [0.25, 0.3) is 0 Å². The Morgan fingerprint density at radius 3 is 2.84 bits per heavy atom. The summed E-state index contributed by atoms with van der Waals surface area (Å²) in [4.78, 5) is 13.9. The predicted octanol–water partition coefficient (Wildman–Crippen LogP) is 2.59. The minimum Gasteiger partial charge on any atom is -0.379 e. The number of carbonyl (C=O) groups excluding carboxylic acids is 1. The van der Waals surface area contributed by atoms with Gasteiger partial charge in [-0.05, 0) is 16.3 Å². The summed E-state index contributed by atoms with van der Waals surface area (Å²) in [5, 5.41) is 2.45. The number of hydrogen-bond donors (Lipinski definition) is 0. The molecule has 1 heterocycles. The number of hydrogen-bond acceptors (Lipinski definition) is 2. The number of rotatable bonds is 2. The Kier molecular flexibility index (Phi) is 3.47. The third kappa shape index (κ3) is 2.61. The van der Waals surface area contributed by atoms with Gasteiger partial charge in [-0.25, -0.2) is 0 Å². The van der Waals surface area contributed by atoms with Crippen molar-refractivity contribution in [2.24, 2.45) is 0 Å². The van der Waals surface area contributed by atoms with Crippen LogP contribution in [0.4, 0.5) is 0 Å². The number of amides is 1. The molecule has 0 bridgehead atoms. The lowest BCUT2D eigenvalue weighted by molar-refractivity contribution is -0.130. The van der Waals surface area contributed by atoms with Crippen molar-refractivity contribution in [1.29, 1.82) is 0 Å². The zero-order valence-electron chi connectivity index (χ0n) is 10.8. The topological polar surface area (TPSA) is 29.5 Å². The van der Waals surface area contributed by atoms with E-state index in [1.165, 1.54) is 16.3 Å². The Labute approximate surface area is 112 Å². The van der Waals surface area contributed by atoms with Gasteiger partial charge in [-0.2, -0.15) is 0 Å². The summed E-state index contributed by atoms with van der Waals surface area (Å²) in [6.45, 7) is 2.53. The van der Waals surface area contributed by atoms with E-state index in [1.807, 2.05) is 17.0 Å². The van der Waals surface area contributed by atoms with E-state index in [9.17, 15) is 4.79 Å². The lowest BCUT2D eigenvalue weighted by atomic mass is 10.0. The molecule has 2 aromatic carbocycles. The molecule has 19 heavy (non-hydrogen) atoms. The highest BCUT2D eigenvalue weighted by molar-refractivity contribution is 5.86. The highest BCUT2D eigenvalue weighted by Gasteiger charge is 2.17. The van der Waals surface area contributed by atoms with Crippen molar-refractivity contribution in [3.05, 3.63) is 48.0 Å². The van der Waals surface area contributed by atoms with E-state index in [0.29, 0.717) is 32.7 Å². The van der Waals surface area contributed by atoms with Crippen LogP contribution in [0, 0.1) is 0 Å². The number of ether oxygens (including phenoxy) is 1. The molecule has 0 atom stereocenters. The van der Waals surface area contributed by atoms with Gasteiger partial charge in [0.1, 0.15) is 0 Å². The van der Waals surface area contributed by atoms with E-state index in [1.54, 1.807) is 0 Å². The Morgan fingerprint density at radius 2 is 1.89 bits per heavy atom. The summed E-state index contributed by atoms with van der Waals surface area (Å²) in [6, 6.07) is 14.6. The number of fused-ring (bicyclic) bond motifs is 1. The molecule has 3 rings (SSSR count). The van der Waals surface area contributed by atoms with Crippen molar-refractivity contribution in [3.63, 3.8) is 0 Å². The van der Waals surface area contributed by atoms with Crippen molar-refractivity contribution in [1.82, 2.24) is 4.90 Å². The summed E-state index contributed by atoms with van der Waals surface area (Å²) in [5.41, 5.74) is 1.20. The molecular weight excluding hydrogens is 238 g/mol. The fraction of sp³-hybridized carbons (Fsp3) is 0.312. The third-order valence-corrected chi connectivity index (χ3v) is 3.56. The molecule has 0 spiro atoms. The van der Waals surface area contributed by atoms with Crippen LogP contribution in [0.2, 0.25) is 0 Å². The van der Waals surface area contributed by atoms with Crippen molar-refractivity contribution in [2.45, 2.75) is 13.0 Å². The molecule has 0 aromatic heterocycles. The van der Waals surface area contributed by atoms with Gasteiger partial charge in [0.2, 0.25) is 5.91 Å². The molecule has 0 aliphatic carbocycles. The summed E-state index contributed by atoms with van der Waals surface area (Å²) in [7, 11) is 0. The zero-order valence-corrected chi connectivity index (χ0v) is 10.8. The SMILES string of the molecule is O=C1CCOCCN1Cc1cccc2ccccc12. The van der Waals surface area contributed by atoms with Crippen LogP contribution in [0.3, 0.4) is 0 Å². The fourth-order valence-electron chi connectivity index (χ4n) is 2.52. The standard InChI is InChI=1S/C16H17NO2/c18-16-8-10-19-11-9-17(16)12-14-6-3-5-13-4-1-2-7-15(13)14/h1-7H,8-12H2. The van der Waals surface area contributed by atoms with E-state index in [0.717, 1.165) is 0 Å². The van der Waals surface area contributed by atoms with Crippen LogP contribution < -0.4 is 0 Å². The second-order valence-corrected chi connectivity index (χ2v) is 4.82. The second kappa shape index (κ2) is 5.41. The van der Waals surface area contributed by atoms with Gasteiger partial charge in [-0.3, -0.25) is 4.79 Å². The molecule has 0 N–H and O–H groups in total.